The van der Waals surface area contributed by atoms with Crippen molar-refractivity contribution in [3.8, 4) is 0 Å². The van der Waals surface area contributed by atoms with Crippen molar-refractivity contribution in [3.05, 3.63) is 64.2 Å². The second kappa shape index (κ2) is 7.23. The molecule has 0 unspecified atom stereocenters. The molecule has 0 aromatic heterocycles. The first-order chi connectivity index (χ1) is 11.0. The Morgan fingerprint density at radius 2 is 1.83 bits per heavy atom. The second-order valence-corrected chi connectivity index (χ2v) is 5.27. The van der Waals surface area contributed by atoms with Gasteiger partial charge in [-0.05, 0) is 46.3 Å². The normalized spacial score (nSPS) is 13.8. The first kappa shape index (κ1) is 17.0. The Balaban J connectivity index is 2.65. The molecule has 0 fully saturated rings. The third-order valence-corrected chi connectivity index (χ3v) is 3.68. The summed E-state index contributed by atoms with van der Waals surface area (Å²) in [5.74, 6) is -1.85. The number of rotatable bonds is 3. The summed E-state index contributed by atoms with van der Waals surface area (Å²) in [4.78, 5) is 25.6. The fraction of sp³-hybridized carbons (Fsp3) is 0.125. The van der Waals surface area contributed by atoms with Crippen LogP contribution in [0.15, 0.2) is 58.4 Å². The summed E-state index contributed by atoms with van der Waals surface area (Å²) in [6.07, 6.45) is 6.25. The third kappa shape index (κ3) is 3.50. The maximum absolute atomic E-state index is 13.5. The minimum Gasteiger partial charge on any atom is -0.465 e. The Morgan fingerprint density at radius 3 is 2.43 bits per heavy atom. The summed E-state index contributed by atoms with van der Waals surface area (Å²) in [5, 5.41) is 0. The first-order valence-corrected chi connectivity index (χ1v) is 7.29. The van der Waals surface area contributed by atoms with Crippen LogP contribution < -0.4 is 4.90 Å². The van der Waals surface area contributed by atoms with Crippen molar-refractivity contribution in [2.45, 2.75) is 0 Å². The highest BCUT2D eigenvalue weighted by atomic mass is 79.9. The van der Waals surface area contributed by atoms with Crippen LogP contribution in [0, 0.1) is 5.82 Å². The van der Waals surface area contributed by atoms with Crippen molar-refractivity contribution in [2.24, 2.45) is 0 Å². The SMILES string of the molecule is COC(=O)C1=C(C(=O)OC)N(c2ccc(F)c(Br)c2)C=CC=C1. The van der Waals surface area contributed by atoms with Crippen LogP contribution in [0.1, 0.15) is 0 Å². The lowest BCUT2D eigenvalue weighted by Crippen LogP contribution is -2.27. The number of halogens is 2. The largest absolute Gasteiger partial charge is 0.465 e. The van der Waals surface area contributed by atoms with Gasteiger partial charge in [0.05, 0.1) is 24.3 Å². The fourth-order valence-corrected chi connectivity index (χ4v) is 2.37. The summed E-state index contributed by atoms with van der Waals surface area (Å²) >= 11 is 3.10. The van der Waals surface area contributed by atoms with E-state index in [2.05, 4.69) is 15.9 Å². The highest BCUT2D eigenvalue weighted by Gasteiger charge is 2.27. The molecule has 120 valence electrons. The zero-order valence-corrected chi connectivity index (χ0v) is 14.0. The minimum atomic E-state index is -0.720. The standard InChI is InChI=1S/C16H13BrFNO4/c1-22-15(20)11-5-3-4-8-19(14(11)16(21)23-2)10-6-7-13(18)12(17)9-10/h3-9H,1-2H3. The maximum atomic E-state index is 13.5. The molecule has 0 bridgehead atoms. The highest BCUT2D eigenvalue weighted by Crippen LogP contribution is 2.29. The number of esters is 2. The molecule has 23 heavy (non-hydrogen) atoms. The second-order valence-electron chi connectivity index (χ2n) is 4.41. The van der Waals surface area contributed by atoms with Gasteiger partial charge in [0.15, 0.2) is 0 Å². The van der Waals surface area contributed by atoms with Gasteiger partial charge in [0.2, 0.25) is 0 Å². The van der Waals surface area contributed by atoms with E-state index < -0.39 is 17.8 Å². The molecule has 0 saturated heterocycles. The summed E-state index contributed by atoms with van der Waals surface area (Å²) in [5.41, 5.74) is 0.479. The number of methoxy groups -OCH3 is 2. The van der Waals surface area contributed by atoms with Crippen LogP contribution in [-0.2, 0) is 19.1 Å². The molecule has 0 aliphatic carbocycles. The van der Waals surface area contributed by atoms with Gasteiger partial charge in [0.25, 0.3) is 0 Å². The maximum Gasteiger partial charge on any atom is 0.355 e. The topological polar surface area (TPSA) is 55.8 Å². The molecule has 0 radical (unpaired) electrons. The van der Waals surface area contributed by atoms with Gasteiger partial charge in [0.1, 0.15) is 11.5 Å². The van der Waals surface area contributed by atoms with E-state index in [0.717, 1.165) is 0 Å². The first-order valence-electron chi connectivity index (χ1n) is 6.49. The Bertz CT molecular complexity index is 740. The summed E-state index contributed by atoms with van der Waals surface area (Å²) in [6, 6.07) is 4.22. The summed E-state index contributed by atoms with van der Waals surface area (Å²) in [7, 11) is 2.43. The van der Waals surface area contributed by atoms with Gasteiger partial charge >= 0.3 is 11.9 Å². The van der Waals surface area contributed by atoms with Crippen LogP contribution in [0.25, 0.3) is 0 Å². The molecule has 1 aromatic rings. The number of benzene rings is 1. The van der Waals surface area contributed by atoms with Crippen LogP contribution >= 0.6 is 15.9 Å². The van der Waals surface area contributed by atoms with E-state index in [-0.39, 0.29) is 15.7 Å². The number of carbonyl (C=O) groups excluding carboxylic acids is 2. The van der Waals surface area contributed by atoms with Crippen molar-refractivity contribution >= 4 is 33.6 Å². The molecule has 0 N–H and O–H groups in total. The van der Waals surface area contributed by atoms with Crippen LogP contribution in [-0.4, -0.2) is 26.2 Å². The Hall–Kier alpha value is -2.41. The van der Waals surface area contributed by atoms with E-state index in [0.29, 0.717) is 5.69 Å². The lowest BCUT2D eigenvalue weighted by atomic mass is 10.1. The van der Waals surface area contributed by atoms with E-state index in [4.69, 9.17) is 9.47 Å². The molecule has 0 atom stereocenters. The number of hydrogen-bond donors (Lipinski definition) is 0. The van der Waals surface area contributed by atoms with E-state index in [1.807, 2.05) is 0 Å². The molecule has 0 spiro atoms. The smallest absolute Gasteiger partial charge is 0.355 e. The molecular formula is C16H13BrFNO4. The number of nitrogens with zero attached hydrogens (tertiary/aromatic N) is 1. The van der Waals surface area contributed by atoms with Crippen LogP contribution in [0.5, 0.6) is 0 Å². The average Bonchev–Trinajstić information content (AvgIpc) is 2.78. The number of carbonyl (C=O) groups is 2. The number of anilines is 1. The molecule has 0 saturated carbocycles. The zero-order valence-electron chi connectivity index (χ0n) is 12.4. The van der Waals surface area contributed by atoms with Crippen LogP contribution in [0.2, 0.25) is 0 Å². The van der Waals surface area contributed by atoms with Gasteiger partial charge in [-0.1, -0.05) is 6.08 Å². The molecule has 0 amide bonds. The van der Waals surface area contributed by atoms with Crippen molar-refractivity contribution < 1.29 is 23.5 Å². The molecule has 5 nitrogen and oxygen atoms in total. The summed E-state index contributed by atoms with van der Waals surface area (Å²) < 4.78 is 23.2. The minimum absolute atomic E-state index is 0.0251. The van der Waals surface area contributed by atoms with Crippen LogP contribution in [0.4, 0.5) is 10.1 Å². The molecule has 7 heteroatoms. The van der Waals surface area contributed by atoms with Crippen molar-refractivity contribution in [2.75, 3.05) is 19.1 Å². The Morgan fingerprint density at radius 1 is 1.13 bits per heavy atom. The quantitative estimate of drug-likeness (QED) is 0.753. The van der Waals surface area contributed by atoms with E-state index in [1.165, 1.54) is 43.4 Å². The molecule has 2 rings (SSSR count). The van der Waals surface area contributed by atoms with Gasteiger partial charge in [-0.25, -0.2) is 14.0 Å². The number of allylic oxidation sites excluding steroid dienone is 2. The third-order valence-electron chi connectivity index (χ3n) is 3.07. The van der Waals surface area contributed by atoms with E-state index in [1.54, 1.807) is 18.4 Å². The lowest BCUT2D eigenvalue weighted by Gasteiger charge is -2.23. The Kier molecular flexibility index (Phi) is 5.33. The monoisotopic (exact) mass is 381 g/mol. The molecular weight excluding hydrogens is 369 g/mol. The Labute approximate surface area is 140 Å². The molecule has 1 aromatic carbocycles. The predicted octanol–water partition coefficient (Wildman–Crippen LogP) is 3.08. The average molecular weight is 382 g/mol. The van der Waals surface area contributed by atoms with Crippen molar-refractivity contribution in [1.29, 1.82) is 0 Å². The number of hydrogen-bond acceptors (Lipinski definition) is 5. The van der Waals surface area contributed by atoms with Gasteiger partial charge in [0, 0.05) is 11.9 Å². The molecule has 1 aliphatic heterocycles. The number of ether oxygens (including phenoxy) is 2. The van der Waals surface area contributed by atoms with Gasteiger partial charge in [-0.3, -0.25) is 0 Å². The molecule has 1 aliphatic rings. The highest BCUT2D eigenvalue weighted by molar-refractivity contribution is 9.10. The van der Waals surface area contributed by atoms with Crippen molar-refractivity contribution in [3.63, 3.8) is 0 Å². The fourth-order valence-electron chi connectivity index (χ4n) is 2.00. The van der Waals surface area contributed by atoms with E-state index in [9.17, 15) is 14.0 Å². The zero-order chi connectivity index (χ0) is 17.0. The summed E-state index contributed by atoms with van der Waals surface area (Å²) in [6.45, 7) is 0. The molecule has 1 heterocycles. The predicted molar refractivity (Wildman–Crippen MR) is 85.9 cm³/mol. The lowest BCUT2D eigenvalue weighted by molar-refractivity contribution is -0.139. The van der Waals surface area contributed by atoms with Gasteiger partial charge in [-0.15, -0.1) is 0 Å². The van der Waals surface area contributed by atoms with Gasteiger partial charge < -0.3 is 14.4 Å². The van der Waals surface area contributed by atoms with Crippen LogP contribution in [0.3, 0.4) is 0 Å². The van der Waals surface area contributed by atoms with Gasteiger partial charge in [-0.2, -0.15) is 0 Å². The van der Waals surface area contributed by atoms with E-state index >= 15 is 0 Å². The van der Waals surface area contributed by atoms with Crippen molar-refractivity contribution in [1.82, 2.24) is 0 Å².